The lowest BCUT2D eigenvalue weighted by molar-refractivity contribution is 0.0728. The number of hydrogen-bond acceptors (Lipinski definition) is 8. The molecule has 0 bridgehead atoms. The van der Waals surface area contributed by atoms with E-state index in [4.69, 9.17) is 15.2 Å². The maximum absolute atomic E-state index is 12.3. The molecule has 1 heterocycles. The van der Waals surface area contributed by atoms with Crippen molar-refractivity contribution >= 4 is 34.5 Å². The van der Waals surface area contributed by atoms with E-state index in [9.17, 15) is 4.79 Å². The van der Waals surface area contributed by atoms with Crippen LogP contribution in [0.3, 0.4) is 0 Å². The number of esters is 1. The summed E-state index contributed by atoms with van der Waals surface area (Å²) < 4.78 is 11.1. The second-order valence-electron chi connectivity index (χ2n) is 5.34. The van der Waals surface area contributed by atoms with E-state index >= 15 is 0 Å². The number of thiazole rings is 1. The largest absolute Gasteiger partial charge is 0.490 e. The number of nitrogens with zero attached hydrogens (tertiary/aromatic N) is 2. The van der Waals surface area contributed by atoms with Crippen molar-refractivity contribution in [2.24, 2.45) is 5.10 Å². The van der Waals surface area contributed by atoms with Gasteiger partial charge in [0.25, 0.3) is 0 Å². The lowest BCUT2D eigenvalue weighted by atomic mass is 10.2. The number of nitrogens with one attached hydrogen (secondary N) is 1. The number of aromatic nitrogens is 1. The van der Waals surface area contributed by atoms with Crippen molar-refractivity contribution in [1.82, 2.24) is 4.98 Å². The Morgan fingerprint density at radius 3 is 2.78 bits per heavy atom. The molecule has 0 atom stereocenters. The monoisotopic (exact) mass is 382 g/mol. The molecule has 27 heavy (non-hydrogen) atoms. The molecule has 8 heteroatoms. The van der Waals surface area contributed by atoms with E-state index in [1.165, 1.54) is 11.3 Å². The lowest BCUT2D eigenvalue weighted by Crippen LogP contribution is -2.09. The van der Waals surface area contributed by atoms with Crippen LogP contribution in [0.15, 0.2) is 59.0 Å². The van der Waals surface area contributed by atoms with Gasteiger partial charge in [0.15, 0.2) is 11.5 Å². The zero-order chi connectivity index (χ0) is 19.1. The van der Waals surface area contributed by atoms with E-state index in [-0.39, 0.29) is 0 Å². The van der Waals surface area contributed by atoms with Crippen LogP contribution in [0.2, 0.25) is 0 Å². The third kappa shape index (κ3) is 5.05. The maximum Gasteiger partial charge on any atom is 0.343 e. The molecule has 0 unspecified atom stereocenters. The van der Waals surface area contributed by atoms with Gasteiger partial charge in [0.1, 0.15) is 5.82 Å². The van der Waals surface area contributed by atoms with Crippen LogP contribution >= 0.6 is 11.3 Å². The topological polar surface area (TPSA) is 98.8 Å². The number of benzene rings is 2. The van der Waals surface area contributed by atoms with E-state index in [2.05, 4.69) is 15.5 Å². The predicted molar refractivity (Wildman–Crippen MR) is 107 cm³/mol. The van der Waals surface area contributed by atoms with Crippen LogP contribution in [-0.2, 0) is 0 Å². The summed E-state index contributed by atoms with van der Waals surface area (Å²) in [7, 11) is 0. The molecule has 7 nitrogen and oxygen atoms in total. The predicted octanol–water partition coefficient (Wildman–Crippen LogP) is 3.79. The number of hydrazone groups is 1. The first-order chi connectivity index (χ1) is 13.2. The fourth-order valence-electron chi connectivity index (χ4n) is 2.19. The highest BCUT2D eigenvalue weighted by Crippen LogP contribution is 2.29. The first kappa shape index (κ1) is 18.4. The fraction of sp³-hybridized carbons (Fsp3) is 0.105. The number of nitrogens with two attached hydrogens (primary N) is 1. The minimum absolute atomic E-state index is 0.350. The van der Waals surface area contributed by atoms with Gasteiger partial charge in [-0.1, -0.05) is 18.2 Å². The first-order valence-electron chi connectivity index (χ1n) is 8.20. The Morgan fingerprint density at radius 2 is 2.07 bits per heavy atom. The third-order valence-electron chi connectivity index (χ3n) is 3.38. The van der Waals surface area contributed by atoms with Gasteiger partial charge in [-0.05, 0) is 42.8 Å². The summed E-state index contributed by atoms with van der Waals surface area (Å²) in [5.74, 6) is 0.814. The van der Waals surface area contributed by atoms with Crippen LogP contribution in [0.1, 0.15) is 22.8 Å². The molecule has 138 valence electrons. The van der Waals surface area contributed by atoms with Gasteiger partial charge in [0.05, 0.1) is 18.4 Å². The molecule has 0 amide bonds. The quantitative estimate of drug-likeness (QED) is 0.279. The summed E-state index contributed by atoms with van der Waals surface area (Å²) in [6.07, 6.45) is 1.61. The minimum Gasteiger partial charge on any atom is -0.490 e. The Bertz CT molecular complexity index is 941. The molecule has 0 aliphatic heterocycles. The van der Waals surface area contributed by atoms with Gasteiger partial charge in [-0.3, -0.25) is 5.43 Å². The van der Waals surface area contributed by atoms with Crippen LogP contribution in [0.25, 0.3) is 0 Å². The Balaban J connectivity index is 1.72. The Labute approximate surface area is 160 Å². The molecule has 0 saturated heterocycles. The van der Waals surface area contributed by atoms with E-state index < -0.39 is 5.97 Å². The number of ether oxygens (including phenoxy) is 2. The van der Waals surface area contributed by atoms with Gasteiger partial charge < -0.3 is 15.2 Å². The van der Waals surface area contributed by atoms with Gasteiger partial charge in [0.2, 0.25) is 5.13 Å². The third-order valence-corrected chi connectivity index (χ3v) is 4.14. The van der Waals surface area contributed by atoms with Crippen molar-refractivity contribution in [2.45, 2.75) is 6.92 Å². The van der Waals surface area contributed by atoms with Crippen molar-refractivity contribution in [2.75, 3.05) is 17.8 Å². The summed E-state index contributed by atoms with van der Waals surface area (Å²) in [4.78, 5) is 16.3. The molecule has 1 aromatic heterocycles. The molecular weight excluding hydrogens is 364 g/mol. The standard InChI is InChI=1S/C19H18N4O3S/c1-2-25-16-10-13(11-21-23-19-22-17(20)12-27-19)8-9-15(16)26-18(24)14-6-4-3-5-7-14/h3-12H,2,20H2,1H3,(H,22,23). The van der Waals surface area contributed by atoms with Crippen molar-refractivity contribution in [3.63, 3.8) is 0 Å². The zero-order valence-electron chi connectivity index (χ0n) is 14.6. The number of hydrogen-bond donors (Lipinski definition) is 2. The Kier molecular flexibility index (Phi) is 6.01. The smallest absolute Gasteiger partial charge is 0.343 e. The van der Waals surface area contributed by atoms with Crippen LogP contribution in [0, 0.1) is 0 Å². The Hall–Kier alpha value is -3.39. The number of nitrogen functional groups attached to an aromatic ring is 1. The molecule has 0 aliphatic rings. The summed E-state index contributed by atoms with van der Waals surface area (Å²) in [6.45, 7) is 2.30. The molecule has 0 saturated carbocycles. The van der Waals surface area contributed by atoms with Crippen LogP contribution < -0.4 is 20.6 Å². The van der Waals surface area contributed by atoms with Crippen LogP contribution in [-0.4, -0.2) is 23.8 Å². The summed E-state index contributed by atoms with van der Waals surface area (Å²) in [6, 6.07) is 14.0. The SMILES string of the molecule is CCOc1cc(C=NNc2nc(N)cs2)ccc1OC(=O)c1ccccc1. The number of anilines is 2. The average molecular weight is 382 g/mol. The summed E-state index contributed by atoms with van der Waals surface area (Å²) in [5, 5.41) is 6.44. The highest BCUT2D eigenvalue weighted by molar-refractivity contribution is 7.14. The second-order valence-corrected chi connectivity index (χ2v) is 6.20. The maximum atomic E-state index is 12.3. The normalized spacial score (nSPS) is 10.7. The van der Waals surface area contributed by atoms with Gasteiger partial charge in [-0.2, -0.15) is 5.10 Å². The van der Waals surface area contributed by atoms with Crippen LogP contribution in [0.4, 0.5) is 10.9 Å². The Morgan fingerprint density at radius 1 is 1.26 bits per heavy atom. The van der Waals surface area contributed by atoms with E-state index in [1.54, 1.807) is 54.1 Å². The molecular formula is C19H18N4O3S. The number of rotatable bonds is 7. The fourth-order valence-corrected chi connectivity index (χ4v) is 2.74. The molecule has 3 N–H and O–H groups in total. The van der Waals surface area contributed by atoms with Gasteiger partial charge in [-0.25, -0.2) is 9.78 Å². The van der Waals surface area contributed by atoms with E-state index in [0.717, 1.165) is 5.56 Å². The lowest BCUT2D eigenvalue weighted by Gasteiger charge is -2.11. The molecule has 0 fully saturated rings. The summed E-state index contributed by atoms with van der Waals surface area (Å²) >= 11 is 1.36. The highest BCUT2D eigenvalue weighted by atomic mass is 32.1. The minimum atomic E-state index is -0.444. The molecule has 0 spiro atoms. The highest BCUT2D eigenvalue weighted by Gasteiger charge is 2.12. The van der Waals surface area contributed by atoms with Gasteiger partial charge >= 0.3 is 5.97 Å². The number of carbonyl (C=O) groups excluding carboxylic acids is 1. The first-order valence-corrected chi connectivity index (χ1v) is 9.08. The molecule has 0 radical (unpaired) electrons. The number of carbonyl (C=O) groups is 1. The summed E-state index contributed by atoms with van der Waals surface area (Å²) in [5.41, 5.74) is 9.61. The van der Waals surface area contributed by atoms with Crippen molar-refractivity contribution < 1.29 is 14.3 Å². The van der Waals surface area contributed by atoms with E-state index in [1.807, 2.05) is 13.0 Å². The van der Waals surface area contributed by atoms with Crippen molar-refractivity contribution in [3.05, 3.63) is 65.0 Å². The van der Waals surface area contributed by atoms with Crippen molar-refractivity contribution in [3.8, 4) is 11.5 Å². The van der Waals surface area contributed by atoms with Gasteiger partial charge in [-0.15, -0.1) is 11.3 Å². The molecule has 2 aromatic carbocycles. The van der Waals surface area contributed by atoms with Gasteiger partial charge in [0, 0.05) is 5.38 Å². The zero-order valence-corrected chi connectivity index (χ0v) is 15.4. The molecule has 3 aromatic rings. The molecule has 3 rings (SSSR count). The van der Waals surface area contributed by atoms with Crippen molar-refractivity contribution in [1.29, 1.82) is 0 Å². The van der Waals surface area contributed by atoms with Crippen LogP contribution in [0.5, 0.6) is 11.5 Å². The molecule has 0 aliphatic carbocycles. The second kappa shape index (κ2) is 8.81. The average Bonchev–Trinajstić information content (AvgIpc) is 3.10. The van der Waals surface area contributed by atoms with E-state index in [0.29, 0.717) is 34.6 Å².